The van der Waals surface area contributed by atoms with Crippen LogP contribution in [0.4, 0.5) is 5.95 Å². The van der Waals surface area contributed by atoms with Gasteiger partial charge in [0.25, 0.3) is 0 Å². The molecule has 4 heterocycles. The van der Waals surface area contributed by atoms with Crippen LogP contribution in [0.3, 0.4) is 0 Å². The van der Waals surface area contributed by atoms with Crippen LogP contribution in [0, 0.1) is 0 Å². The largest absolute Gasteiger partial charge is 0.493 e. The van der Waals surface area contributed by atoms with Crippen molar-refractivity contribution < 1.29 is 9.26 Å². The zero-order valence-electron chi connectivity index (χ0n) is 13.6. The Hall–Kier alpha value is -2.96. The van der Waals surface area contributed by atoms with Crippen LogP contribution in [-0.2, 0) is 6.42 Å². The number of ether oxygens (including phenoxy) is 1. The predicted octanol–water partition coefficient (Wildman–Crippen LogP) is 2.80. The lowest BCUT2D eigenvalue weighted by molar-refractivity contribution is 0.354. The Morgan fingerprint density at radius 3 is 3.00 bits per heavy atom. The third kappa shape index (κ3) is 2.52. The van der Waals surface area contributed by atoms with E-state index in [0.29, 0.717) is 17.7 Å². The Morgan fingerprint density at radius 1 is 1.16 bits per heavy atom. The molecule has 5 rings (SSSR count). The van der Waals surface area contributed by atoms with Gasteiger partial charge in [-0.05, 0) is 42.7 Å². The molecule has 0 amide bonds. The van der Waals surface area contributed by atoms with Crippen LogP contribution in [0.25, 0.3) is 11.4 Å². The molecule has 126 valence electrons. The van der Waals surface area contributed by atoms with Gasteiger partial charge in [-0.3, -0.25) is 0 Å². The summed E-state index contributed by atoms with van der Waals surface area (Å²) in [6.45, 7) is 1.63. The van der Waals surface area contributed by atoms with Crippen molar-refractivity contribution >= 4 is 5.95 Å². The molecule has 7 heteroatoms. The van der Waals surface area contributed by atoms with E-state index in [0.717, 1.165) is 43.7 Å². The van der Waals surface area contributed by atoms with Crippen molar-refractivity contribution in [2.24, 2.45) is 0 Å². The zero-order valence-corrected chi connectivity index (χ0v) is 13.6. The number of hydrogen-bond donors (Lipinski definition) is 0. The SMILES string of the molecule is c1cnc(N2CCCC2c2nc(-c3ccc4c(c3)CCO4)no2)nc1. The highest BCUT2D eigenvalue weighted by atomic mass is 16.5. The Balaban J connectivity index is 1.44. The summed E-state index contributed by atoms with van der Waals surface area (Å²) in [6, 6.07) is 7.89. The average molecular weight is 335 g/mol. The Kier molecular flexibility index (Phi) is 3.36. The van der Waals surface area contributed by atoms with E-state index in [4.69, 9.17) is 9.26 Å². The maximum absolute atomic E-state index is 5.58. The maximum atomic E-state index is 5.58. The number of benzene rings is 1. The Bertz CT molecular complexity index is 895. The zero-order chi connectivity index (χ0) is 16.6. The first-order chi connectivity index (χ1) is 12.4. The minimum atomic E-state index is 0.0291. The molecule has 7 nitrogen and oxygen atoms in total. The topological polar surface area (TPSA) is 77.2 Å². The van der Waals surface area contributed by atoms with Crippen molar-refractivity contribution in [1.29, 1.82) is 0 Å². The van der Waals surface area contributed by atoms with Crippen LogP contribution in [0.5, 0.6) is 5.75 Å². The molecule has 3 aromatic rings. The molecule has 2 aliphatic heterocycles. The summed E-state index contributed by atoms with van der Waals surface area (Å²) in [5.74, 6) is 2.90. The van der Waals surface area contributed by atoms with Crippen LogP contribution in [0.1, 0.15) is 30.3 Å². The van der Waals surface area contributed by atoms with Gasteiger partial charge in [0, 0.05) is 30.9 Å². The highest BCUT2D eigenvalue weighted by Gasteiger charge is 2.32. The van der Waals surface area contributed by atoms with Gasteiger partial charge in [-0.1, -0.05) is 5.16 Å². The molecule has 1 fully saturated rings. The lowest BCUT2D eigenvalue weighted by Crippen LogP contribution is -2.24. The van der Waals surface area contributed by atoms with Gasteiger partial charge in [-0.15, -0.1) is 0 Å². The quantitative estimate of drug-likeness (QED) is 0.728. The average Bonchev–Trinajstić information content (AvgIpc) is 3.40. The van der Waals surface area contributed by atoms with Crippen molar-refractivity contribution in [2.45, 2.75) is 25.3 Å². The number of anilines is 1. The molecule has 0 spiro atoms. The molecule has 2 aromatic heterocycles. The van der Waals surface area contributed by atoms with Crippen LogP contribution in [0.15, 0.2) is 41.2 Å². The predicted molar refractivity (Wildman–Crippen MR) is 90.3 cm³/mol. The van der Waals surface area contributed by atoms with Gasteiger partial charge in [0.05, 0.1) is 6.61 Å². The summed E-state index contributed by atoms with van der Waals surface area (Å²) in [6.07, 6.45) is 6.44. The highest BCUT2D eigenvalue weighted by Crippen LogP contribution is 2.35. The van der Waals surface area contributed by atoms with Crippen molar-refractivity contribution in [3.63, 3.8) is 0 Å². The van der Waals surface area contributed by atoms with Crippen molar-refractivity contribution in [3.05, 3.63) is 48.1 Å². The number of nitrogens with zero attached hydrogens (tertiary/aromatic N) is 5. The van der Waals surface area contributed by atoms with E-state index in [9.17, 15) is 0 Å². The summed E-state index contributed by atoms with van der Waals surface area (Å²) < 4.78 is 11.1. The molecule has 0 bridgehead atoms. The molecule has 1 atom stereocenters. The van der Waals surface area contributed by atoms with Gasteiger partial charge >= 0.3 is 0 Å². The molecule has 0 N–H and O–H groups in total. The highest BCUT2D eigenvalue weighted by molar-refractivity contribution is 5.59. The van der Waals surface area contributed by atoms with Crippen molar-refractivity contribution in [1.82, 2.24) is 20.1 Å². The molecule has 1 unspecified atom stereocenters. The fraction of sp³-hybridized carbons (Fsp3) is 0.333. The van der Waals surface area contributed by atoms with Gasteiger partial charge in [0.15, 0.2) is 0 Å². The molecule has 1 saturated heterocycles. The number of fused-ring (bicyclic) bond motifs is 1. The van der Waals surface area contributed by atoms with Crippen molar-refractivity contribution in [3.8, 4) is 17.1 Å². The van der Waals surface area contributed by atoms with Gasteiger partial charge < -0.3 is 14.2 Å². The second-order valence-electron chi connectivity index (χ2n) is 6.28. The standard InChI is InChI=1S/C18H17N5O2/c1-3-14(23(9-1)18-19-7-2-8-20-18)17-21-16(22-25-17)13-4-5-15-12(11-13)6-10-24-15/h2,4-5,7-8,11,14H,1,3,6,9-10H2. The second-order valence-corrected chi connectivity index (χ2v) is 6.28. The van der Waals surface area contributed by atoms with Crippen molar-refractivity contribution in [2.75, 3.05) is 18.1 Å². The van der Waals surface area contributed by atoms with Crippen LogP contribution in [-0.4, -0.2) is 33.3 Å². The van der Waals surface area contributed by atoms with E-state index in [1.165, 1.54) is 5.56 Å². The van der Waals surface area contributed by atoms with Gasteiger partial charge in [0.1, 0.15) is 11.8 Å². The fourth-order valence-electron chi connectivity index (χ4n) is 3.52. The maximum Gasteiger partial charge on any atom is 0.249 e. The Labute approximate surface area is 144 Å². The number of aromatic nitrogens is 4. The smallest absolute Gasteiger partial charge is 0.249 e. The first kappa shape index (κ1) is 14.4. The minimum absolute atomic E-state index is 0.0291. The van der Waals surface area contributed by atoms with E-state index in [-0.39, 0.29) is 6.04 Å². The summed E-state index contributed by atoms with van der Waals surface area (Å²) in [5.41, 5.74) is 2.16. The summed E-state index contributed by atoms with van der Waals surface area (Å²) in [5, 5.41) is 4.19. The first-order valence-corrected chi connectivity index (χ1v) is 8.52. The van der Waals surface area contributed by atoms with E-state index < -0.39 is 0 Å². The lowest BCUT2D eigenvalue weighted by atomic mass is 10.1. The second kappa shape index (κ2) is 5.84. The van der Waals surface area contributed by atoms with E-state index in [2.05, 4.69) is 31.1 Å². The molecule has 25 heavy (non-hydrogen) atoms. The molecule has 1 aromatic carbocycles. The summed E-state index contributed by atoms with van der Waals surface area (Å²) in [4.78, 5) is 15.5. The van der Waals surface area contributed by atoms with Gasteiger partial charge in [-0.25, -0.2) is 9.97 Å². The van der Waals surface area contributed by atoms with Gasteiger partial charge in [0.2, 0.25) is 17.7 Å². The third-order valence-electron chi connectivity index (χ3n) is 4.74. The minimum Gasteiger partial charge on any atom is -0.493 e. The third-order valence-corrected chi connectivity index (χ3v) is 4.74. The van der Waals surface area contributed by atoms with Crippen LogP contribution >= 0.6 is 0 Å². The van der Waals surface area contributed by atoms with E-state index in [1.54, 1.807) is 12.4 Å². The van der Waals surface area contributed by atoms with Crippen LogP contribution in [0.2, 0.25) is 0 Å². The lowest BCUT2D eigenvalue weighted by Gasteiger charge is -2.21. The normalized spacial score (nSPS) is 19.0. The van der Waals surface area contributed by atoms with Gasteiger partial charge in [-0.2, -0.15) is 4.98 Å². The molecular weight excluding hydrogens is 318 g/mol. The molecule has 0 radical (unpaired) electrons. The molecule has 0 aliphatic carbocycles. The summed E-state index contributed by atoms with van der Waals surface area (Å²) >= 11 is 0. The first-order valence-electron chi connectivity index (χ1n) is 8.52. The monoisotopic (exact) mass is 335 g/mol. The van der Waals surface area contributed by atoms with E-state index in [1.807, 2.05) is 18.2 Å². The Morgan fingerprint density at radius 2 is 2.08 bits per heavy atom. The van der Waals surface area contributed by atoms with Crippen LogP contribution < -0.4 is 9.64 Å². The number of rotatable bonds is 3. The molecule has 2 aliphatic rings. The number of hydrogen-bond acceptors (Lipinski definition) is 7. The molecular formula is C18H17N5O2. The fourth-order valence-corrected chi connectivity index (χ4v) is 3.52. The van der Waals surface area contributed by atoms with E-state index >= 15 is 0 Å². The summed E-state index contributed by atoms with van der Waals surface area (Å²) in [7, 11) is 0. The molecule has 0 saturated carbocycles.